The topological polar surface area (TPSA) is 92.4 Å². The van der Waals surface area contributed by atoms with Crippen molar-refractivity contribution in [1.29, 1.82) is 0 Å². The zero-order valence-corrected chi connectivity index (χ0v) is 21.6. The number of aliphatic carboxylic acids is 1. The molecule has 0 saturated heterocycles. The van der Waals surface area contributed by atoms with E-state index in [2.05, 4.69) is 24.3 Å². The van der Waals surface area contributed by atoms with Crippen molar-refractivity contribution in [2.45, 2.75) is 103 Å². The van der Waals surface area contributed by atoms with E-state index < -0.39 is 11.9 Å². The number of carboxylic acids is 1. The quantitative estimate of drug-likeness (QED) is 0.339. The molecule has 1 aromatic carbocycles. The van der Waals surface area contributed by atoms with Gasteiger partial charge in [-0.3, -0.25) is 9.59 Å². The molecule has 2 saturated carbocycles. The minimum absolute atomic E-state index is 0.0767. The summed E-state index contributed by atoms with van der Waals surface area (Å²) in [5, 5.41) is 17.0. The molecule has 4 rings (SSSR count). The third-order valence-electron chi connectivity index (χ3n) is 8.09. The van der Waals surface area contributed by atoms with Crippen molar-refractivity contribution in [3.8, 4) is 0 Å². The molecular weight excluding hydrogens is 440 g/mol. The van der Waals surface area contributed by atoms with Gasteiger partial charge < -0.3 is 14.9 Å². The fourth-order valence-electron chi connectivity index (χ4n) is 5.78. The summed E-state index contributed by atoms with van der Waals surface area (Å²) in [7, 11) is 0. The first-order chi connectivity index (χ1) is 16.8. The van der Waals surface area contributed by atoms with Crippen molar-refractivity contribution in [2.24, 2.45) is 11.8 Å². The van der Waals surface area contributed by atoms with Gasteiger partial charge in [-0.15, -0.1) is 0 Å². The molecule has 0 radical (unpaired) electrons. The maximum Gasteiger partial charge on any atom is 0.304 e. The van der Waals surface area contributed by atoms with Crippen molar-refractivity contribution in [3.63, 3.8) is 0 Å². The number of hydrogen-bond acceptors (Lipinski definition) is 4. The maximum absolute atomic E-state index is 13.0. The number of amides is 1. The van der Waals surface area contributed by atoms with E-state index in [-0.39, 0.29) is 18.7 Å². The van der Waals surface area contributed by atoms with Crippen molar-refractivity contribution in [2.75, 3.05) is 5.32 Å². The summed E-state index contributed by atoms with van der Waals surface area (Å²) in [6.07, 6.45) is 8.12. The SMILES string of the molecule is CCC(CC)CC1CC(c2onc([C@@H](CC(=O)O)CC(=O)Nc3ccc(C)cc3C)c2C2CC2)C1. The van der Waals surface area contributed by atoms with Crippen LogP contribution in [-0.2, 0) is 9.59 Å². The Morgan fingerprint density at radius 3 is 2.43 bits per heavy atom. The summed E-state index contributed by atoms with van der Waals surface area (Å²) >= 11 is 0. The van der Waals surface area contributed by atoms with Crippen LogP contribution in [0.25, 0.3) is 0 Å². The lowest BCUT2D eigenvalue weighted by atomic mass is 9.68. The number of carbonyl (C=O) groups excluding carboxylic acids is 1. The third-order valence-corrected chi connectivity index (χ3v) is 8.09. The predicted molar refractivity (Wildman–Crippen MR) is 137 cm³/mol. The molecule has 2 aliphatic carbocycles. The Bertz CT molecular complexity index is 1040. The highest BCUT2D eigenvalue weighted by molar-refractivity contribution is 5.92. The molecule has 6 heteroatoms. The van der Waals surface area contributed by atoms with Crippen LogP contribution >= 0.6 is 0 Å². The average molecular weight is 481 g/mol. The van der Waals surface area contributed by atoms with Gasteiger partial charge in [0.2, 0.25) is 5.91 Å². The normalized spacial score (nSPS) is 20.5. The Kier molecular flexibility index (Phi) is 7.98. The van der Waals surface area contributed by atoms with E-state index in [9.17, 15) is 14.7 Å². The summed E-state index contributed by atoms with van der Waals surface area (Å²) in [6.45, 7) is 8.52. The minimum atomic E-state index is -0.922. The standard InChI is InChI=1S/C29H40N2O4/c1-5-19(6-2)12-20-13-23(14-20)29-27(21-8-9-21)28(31-35-29)22(16-26(33)34)15-25(32)30-24-10-7-17(3)11-18(24)4/h7,10-11,19-23H,5-6,8-9,12-16H2,1-4H3,(H,30,32)(H,33,34)/t20?,22-,23?/m1/s1. The van der Waals surface area contributed by atoms with Crippen LogP contribution in [0.2, 0.25) is 0 Å². The van der Waals surface area contributed by atoms with Crippen LogP contribution in [0.15, 0.2) is 22.7 Å². The zero-order chi connectivity index (χ0) is 25.1. The van der Waals surface area contributed by atoms with E-state index in [1.165, 1.54) is 19.3 Å². The summed E-state index contributed by atoms with van der Waals surface area (Å²) in [5.74, 6) is 1.66. The number of benzene rings is 1. The van der Waals surface area contributed by atoms with Crippen LogP contribution in [0.3, 0.4) is 0 Å². The number of carbonyl (C=O) groups is 2. The van der Waals surface area contributed by atoms with Gasteiger partial charge in [0.15, 0.2) is 0 Å². The molecule has 0 bridgehead atoms. The highest BCUT2D eigenvalue weighted by atomic mass is 16.5. The highest BCUT2D eigenvalue weighted by Crippen LogP contribution is 2.53. The largest absolute Gasteiger partial charge is 0.481 e. The average Bonchev–Trinajstić information content (AvgIpc) is 3.53. The van der Waals surface area contributed by atoms with Crippen molar-refractivity contribution in [1.82, 2.24) is 5.16 Å². The van der Waals surface area contributed by atoms with E-state index in [0.717, 1.165) is 65.7 Å². The van der Waals surface area contributed by atoms with Crippen LogP contribution in [0.1, 0.15) is 118 Å². The van der Waals surface area contributed by atoms with Gasteiger partial charge in [0.1, 0.15) is 5.76 Å². The predicted octanol–water partition coefficient (Wildman–Crippen LogP) is 7.08. The molecule has 0 aliphatic heterocycles. The van der Waals surface area contributed by atoms with Crippen molar-refractivity contribution >= 4 is 17.6 Å². The Labute approximate surface area is 208 Å². The molecule has 0 unspecified atom stereocenters. The second-order valence-electron chi connectivity index (χ2n) is 10.9. The number of nitrogens with one attached hydrogen (secondary N) is 1. The van der Waals surface area contributed by atoms with Crippen LogP contribution in [0.5, 0.6) is 0 Å². The van der Waals surface area contributed by atoms with Gasteiger partial charge in [0.05, 0.1) is 12.1 Å². The highest BCUT2D eigenvalue weighted by Gasteiger charge is 2.42. The van der Waals surface area contributed by atoms with Gasteiger partial charge >= 0.3 is 5.97 Å². The van der Waals surface area contributed by atoms with Gasteiger partial charge in [0, 0.05) is 29.5 Å². The second-order valence-corrected chi connectivity index (χ2v) is 10.9. The zero-order valence-electron chi connectivity index (χ0n) is 21.6. The van der Waals surface area contributed by atoms with Crippen LogP contribution < -0.4 is 5.32 Å². The molecule has 35 heavy (non-hydrogen) atoms. The Morgan fingerprint density at radius 1 is 1.11 bits per heavy atom. The van der Waals surface area contributed by atoms with Gasteiger partial charge in [0.25, 0.3) is 0 Å². The number of carboxylic acid groups (broad SMARTS) is 1. The number of anilines is 1. The molecule has 1 aromatic heterocycles. The lowest BCUT2D eigenvalue weighted by Gasteiger charge is -2.36. The first-order valence-electron chi connectivity index (χ1n) is 13.4. The van der Waals surface area contributed by atoms with Crippen molar-refractivity contribution in [3.05, 3.63) is 46.3 Å². The lowest BCUT2D eigenvalue weighted by molar-refractivity contribution is -0.137. The molecule has 2 N–H and O–H groups in total. The Balaban J connectivity index is 1.49. The van der Waals surface area contributed by atoms with E-state index in [4.69, 9.17) is 4.52 Å². The number of rotatable bonds is 12. The molecule has 0 spiro atoms. The molecule has 6 nitrogen and oxygen atoms in total. The van der Waals surface area contributed by atoms with Gasteiger partial charge in [-0.1, -0.05) is 49.5 Å². The van der Waals surface area contributed by atoms with Crippen molar-refractivity contribution < 1.29 is 19.2 Å². The summed E-state index contributed by atoms with van der Waals surface area (Å²) in [5.41, 5.74) is 4.69. The molecule has 1 heterocycles. The first kappa shape index (κ1) is 25.5. The first-order valence-corrected chi connectivity index (χ1v) is 13.4. The maximum atomic E-state index is 13.0. The fraction of sp³-hybridized carbons (Fsp3) is 0.621. The monoisotopic (exact) mass is 480 g/mol. The van der Waals surface area contributed by atoms with Crippen LogP contribution in [-0.4, -0.2) is 22.1 Å². The molecule has 2 fully saturated rings. The smallest absolute Gasteiger partial charge is 0.304 e. The Hall–Kier alpha value is -2.63. The van der Waals surface area contributed by atoms with Gasteiger partial charge in [-0.05, 0) is 75.3 Å². The van der Waals surface area contributed by atoms with Crippen LogP contribution in [0, 0.1) is 25.7 Å². The number of hydrogen-bond donors (Lipinski definition) is 2. The summed E-state index contributed by atoms with van der Waals surface area (Å²) in [6, 6.07) is 5.88. The van der Waals surface area contributed by atoms with E-state index >= 15 is 0 Å². The van der Waals surface area contributed by atoms with Gasteiger partial charge in [-0.25, -0.2) is 0 Å². The molecule has 1 amide bonds. The number of aryl methyl sites for hydroxylation is 2. The fourth-order valence-corrected chi connectivity index (χ4v) is 5.78. The molecule has 1 atom stereocenters. The van der Waals surface area contributed by atoms with E-state index in [1.54, 1.807) is 0 Å². The molecular formula is C29H40N2O4. The van der Waals surface area contributed by atoms with E-state index in [0.29, 0.717) is 17.5 Å². The molecule has 2 aliphatic rings. The van der Waals surface area contributed by atoms with Crippen LogP contribution in [0.4, 0.5) is 5.69 Å². The second kappa shape index (κ2) is 11.0. The summed E-state index contributed by atoms with van der Waals surface area (Å²) < 4.78 is 5.93. The summed E-state index contributed by atoms with van der Waals surface area (Å²) in [4.78, 5) is 24.7. The third kappa shape index (κ3) is 6.14. The Morgan fingerprint density at radius 2 is 1.83 bits per heavy atom. The molecule has 190 valence electrons. The minimum Gasteiger partial charge on any atom is -0.481 e. The number of nitrogens with zero attached hydrogens (tertiary/aromatic N) is 1. The van der Waals surface area contributed by atoms with E-state index in [1.807, 2.05) is 32.0 Å². The molecule has 2 aromatic rings. The lowest BCUT2D eigenvalue weighted by Crippen LogP contribution is -2.24. The number of aromatic nitrogens is 1. The van der Waals surface area contributed by atoms with Gasteiger partial charge in [-0.2, -0.15) is 0 Å².